The molecule has 1 rings (SSSR count). The van der Waals surface area contributed by atoms with Gasteiger partial charge in [-0.25, -0.2) is 0 Å². The number of hydrogen-bond donors (Lipinski definition) is 2. The molecule has 16 heavy (non-hydrogen) atoms. The van der Waals surface area contributed by atoms with Crippen LogP contribution < -0.4 is 15.8 Å². The first-order chi connectivity index (χ1) is 7.61. The molecule has 1 amide bonds. The van der Waals surface area contributed by atoms with Gasteiger partial charge in [-0.15, -0.1) is 0 Å². The molecule has 0 fully saturated rings. The second kappa shape index (κ2) is 6.07. The standard InChI is InChI=1S/C11H14N2O2S/c1-15-9-4-2-3-8(7-9)13-11(14)6-5-10(12)16/h2-4,7H,5-6H2,1H3,(H2,12,16)(H,13,14). The van der Waals surface area contributed by atoms with Gasteiger partial charge < -0.3 is 15.8 Å². The maximum Gasteiger partial charge on any atom is 0.224 e. The Balaban J connectivity index is 2.52. The summed E-state index contributed by atoms with van der Waals surface area (Å²) in [6, 6.07) is 7.16. The second-order valence-corrected chi connectivity index (χ2v) is 3.77. The molecule has 1 aromatic rings. The van der Waals surface area contributed by atoms with Crippen LogP contribution in [0.4, 0.5) is 5.69 Å². The minimum atomic E-state index is -0.110. The molecule has 0 saturated carbocycles. The van der Waals surface area contributed by atoms with Crippen LogP contribution in [0.3, 0.4) is 0 Å². The molecule has 0 heterocycles. The summed E-state index contributed by atoms with van der Waals surface area (Å²) in [6.45, 7) is 0. The van der Waals surface area contributed by atoms with Gasteiger partial charge in [0, 0.05) is 24.6 Å². The van der Waals surface area contributed by atoms with Crippen LogP contribution in [0.2, 0.25) is 0 Å². The van der Waals surface area contributed by atoms with E-state index >= 15 is 0 Å². The molecule has 0 atom stereocenters. The van der Waals surface area contributed by atoms with Gasteiger partial charge in [0.2, 0.25) is 5.91 Å². The Hall–Kier alpha value is -1.62. The van der Waals surface area contributed by atoms with Gasteiger partial charge in [0.15, 0.2) is 0 Å². The Morgan fingerprint density at radius 2 is 2.25 bits per heavy atom. The van der Waals surface area contributed by atoms with Crippen molar-refractivity contribution >= 4 is 28.8 Å². The van der Waals surface area contributed by atoms with Crippen molar-refractivity contribution in [3.05, 3.63) is 24.3 Å². The highest BCUT2D eigenvalue weighted by molar-refractivity contribution is 7.80. The van der Waals surface area contributed by atoms with E-state index in [0.717, 1.165) is 0 Å². The van der Waals surface area contributed by atoms with E-state index in [1.165, 1.54) is 0 Å². The number of carbonyl (C=O) groups is 1. The van der Waals surface area contributed by atoms with E-state index in [1.807, 2.05) is 12.1 Å². The molecule has 0 saturated heterocycles. The number of rotatable bonds is 5. The first-order valence-electron chi connectivity index (χ1n) is 4.84. The van der Waals surface area contributed by atoms with Gasteiger partial charge in [-0.3, -0.25) is 4.79 Å². The first kappa shape index (κ1) is 12.4. The average Bonchev–Trinajstić information content (AvgIpc) is 2.26. The summed E-state index contributed by atoms with van der Waals surface area (Å²) in [5.74, 6) is 0.591. The Labute approximate surface area is 99.8 Å². The van der Waals surface area contributed by atoms with Crippen molar-refractivity contribution in [1.82, 2.24) is 0 Å². The quantitative estimate of drug-likeness (QED) is 0.766. The fourth-order valence-electron chi connectivity index (χ4n) is 1.16. The highest BCUT2D eigenvalue weighted by Crippen LogP contribution is 2.16. The van der Waals surface area contributed by atoms with E-state index in [9.17, 15) is 4.79 Å². The van der Waals surface area contributed by atoms with Crippen LogP contribution >= 0.6 is 12.2 Å². The van der Waals surface area contributed by atoms with Crippen molar-refractivity contribution in [2.24, 2.45) is 5.73 Å². The number of carbonyl (C=O) groups excluding carboxylic acids is 1. The summed E-state index contributed by atoms with van der Waals surface area (Å²) >= 11 is 4.70. The molecule has 1 aromatic carbocycles. The molecule has 0 bridgehead atoms. The number of hydrogen-bond acceptors (Lipinski definition) is 3. The number of anilines is 1. The summed E-state index contributed by atoms with van der Waals surface area (Å²) in [5, 5.41) is 2.74. The number of thiocarbonyl (C=S) groups is 1. The minimum absolute atomic E-state index is 0.110. The molecule has 0 aliphatic carbocycles. The van der Waals surface area contributed by atoms with Crippen LogP contribution in [0.25, 0.3) is 0 Å². The maximum absolute atomic E-state index is 11.4. The third-order valence-electron chi connectivity index (χ3n) is 1.95. The number of nitrogens with one attached hydrogen (secondary N) is 1. The molecule has 86 valence electrons. The van der Waals surface area contributed by atoms with E-state index < -0.39 is 0 Å². The van der Waals surface area contributed by atoms with Gasteiger partial charge >= 0.3 is 0 Å². The summed E-state index contributed by atoms with van der Waals surface area (Å²) < 4.78 is 5.04. The van der Waals surface area contributed by atoms with E-state index in [4.69, 9.17) is 22.7 Å². The first-order valence-corrected chi connectivity index (χ1v) is 5.25. The monoisotopic (exact) mass is 238 g/mol. The Bertz CT molecular complexity index is 393. The summed E-state index contributed by atoms with van der Waals surface area (Å²) in [7, 11) is 1.58. The fraction of sp³-hybridized carbons (Fsp3) is 0.273. The predicted octanol–water partition coefficient (Wildman–Crippen LogP) is 1.70. The van der Waals surface area contributed by atoms with Crippen molar-refractivity contribution in [2.75, 3.05) is 12.4 Å². The van der Waals surface area contributed by atoms with Gasteiger partial charge in [-0.1, -0.05) is 18.3 Å². The smallest absolute Gasteiger partial charge is 0.224 e. The molecular weight excluding hydrogens is 224 g/mol. The van der Waals surface area contributed by atoms with Gasteiger partial charge in [0.1, 0.15) is 5.75 Å². The van der Waals surface area contributed by atoms with Gasteiger partial charge in [-0.05, 0) is 12.1 Å². The molecular formula is C11H14N2O2S. The largest absolute Gasteiger partial charge is 0.497 e. The fourth-order valence-corrected chi connectivity index (χ4v) is 1.26. The van der Waals surface area contributed by atoms with E-state index in [-0.39, 0.29) is 5.91 Å². The number of amides is 1. The van der Waals surface area contributed by atoms with E-state index in [1.54, 1.807) is 19.2 Å². The van der Waals surface area contributed by atoms with E-state index in [2.05, 4.69) is 5.32 Å². The van der Waals surface area contributed by atoms with E-state index in [0.29, 0.717) is 29.3 Å². The van der Waals surface area contributed by atoms with Crippen LogP contribution in [-0.4, -0.2) is 18.0 Å². The summed E-state index contributed by atoms with van der Waals surface area (Å²) in [6.07, 6.45) is 0.720. The van der Waals surface area contributed by atoms with Crippen molar-refractivity contribution in [1.29, 1.82) is 0 Å². The second-order valence-electron chi connectivity index (χ2n) is 3.25. The zero-order valence-electron chi connectivity index (χ0n) is 9.03. The Morgan fingerprint density at radius 1 is 1.50 bits per heavy atom. The molecule has 0 spiro atoms. The number of nitrogens with two attached hydrogens (primary N) is 1. The highest BCUT2D eigenvalue weighted by Gasteiger charge is 2.03. The van der Waals surface area contributed by atoms with Gasteiger partial charge in [-0.2, -0.15) is 0 Å². The van der Waals surface area contributed by atoms with Crippen molar-refractivity contribution in [2.45, 2.75) is 12.8 Å². The van der Waals surface area contributed by atoms with Gasteiger partial charge in [0.25, 0.3) is 0 Å². The van der Waals surface area contributed by atoms with Crippen molar-refractivity contribution in [3.63, 3.8) is 0 Å². The molecule has 0 aliphatic rings. The summed E-state index contributed by atoms with van der Waals surface area (Å²) in [5.41, 5.74) is 6.01. The normalized spacial score (nSPS) is 9.56. The molecule has 3 N–H and O–H groups in total. The topological polar surface area (TPSA) is 64.3 Å². The molecule has 0 radical (unpaired) electrons. The SMILES string of the molecule is COc1cccc(NC(=O)CCC(N)=S)c1. The Morgan fingerprint density at radius 3 is 2.88 bits per heavy atom. The molecule has 5 heteroatoms. The number of benzene rings is 1. The zero-order valence-corrected chi connectivity index (χ0v) is 9.84. The highest BCUT2D eigenvalue weighted by atomic mass is 32.1. The van der Waals surface area contributed by atoms with Crippen LogP contribution in [0.5, 0.6) is 5.75 Å². The lowest BCUT2D eigenvalue weighted by Crippen LogP contribution is -2.15. The lowest BCUT2D eigenvalue weighted by Gasteiger charge is -2.06. The zero-order chi connectivity index (χ0) is 12.0. The Kier molecular flexibility index (Phi) is 4.72. The van der Waals surface area contributed by atoms with Gasteiger partial charge in [0.05, 0.1) is 12.1 Å². The molecule has 0 aromatic heterocycles. The molecule has 0 aliphatic heterocycles. The third-order valence-corrected chi connectivity index (χ3v) is 2.16. The van der Waals surface area contributed by atoms with Crippen LogP contribution in [0.1, 0.15) is 12.8 Å². The number of methoxy groups -OCH3 is 1. The lowest BCUT2D eigenvalue weighted by molar-refractivity contribution is -0.116. The molecule has 4 nitrogen and oxygen atoms in total. The third kappa shape index (κ3) is 4.27. The lowest BCUT2D eigenvalue weighted by atomic mass is 10.2. The van der Waals surface area contributed by atoms with Crippen LogP contribution in [-0.2, 0) is 4.79 Å². The minimum Gasteiger partial charge on any atom is -0.497 e. The average molecular weight is 238 g/mol. The molecule has 0 unspecified atom stereocenters. The van der Waals surface area contributed by atoms with Crippen molar-refractivity contribution < 1.29 is 9.53 Å². The number of ether oxygens (including phenoxy) is 1. The van der Waals surface area contributed by atoms with Crippen LogP contribution in [0.15, 0.2) is 24.3 Å². The summed E-state index contributed by atoms with van der Waals surface area (Å²) in [4.78, 5) is 11.8. The maximum atomic E-state index is 11.4. The predicted molar refractivity (Wildman–Crippen MR) is 67.6 cm³/mol. The van der Waals surface area contributed by atoms with Crippen molar-refractivity contribution in [3.8, 4) is 5.75 Å². The van der Waals surface area contributed by atoms with Crippen LogP contribution in [0, 0.1) is 0 Å².